The molecule has 0 bridgehead atoms. The van der Waals surface area contributed by atoms with Crippen LogP contribution in [-0.4, -0.2) is 55.6 Å². The number of aromatic nitrogens is 1. The van der Waals surface area contributed by atoms with Crippen molar-refractivity contribution in [1.82, 2.24) is 15.2 Å². The van der Waals surface area contributed by atoms with Crippen molar-refractivity contribution in [2.24, 2.45) is 11.8 Å². The fourth-order valence-corrected chi connectivity index (χ4v) is 3.87. The first kappa shape index (κ1) is 18.5. The van der Waals surface area contributed by atoms with Gasteiger partial charge in [-0.05, 0) is 24.5 Å². The quantitative estimate of drug-likeness (QED) is 0.795. The molecule has 1 aromatic carbocycles. The van der Waals surface area contributed by atoms with Crippen molar-refractivity contribution in [3.05, 3.63) is 36.0 Å². The van der Waals surface area contributed by atoms with Crippen LogP contribution in [-0.2, 0) is 20.7 Å². The smallest absolute Gasteiger partial charge is 0.225 e. The molecule has 26 heavy (non-hydrogen) atoms. The Hall–Kier alpha value is -2.34. The molecule has 6 heteroatoms. The Labute approximate surface area is 153 Å². The Kier molecular flexibility index (Phi) is 5.93. The van der Waals surface area contributed by atoms with E-state index in [1.165, 1.54) is 10.9 Å². The summed E-state index contributed by atoms with van der Waals surface area (Å²) in [5.41, 5.74) is 2.37. The number of benzene rings is 1. The number of H-pyrrole nitrogens is 1. The highest BCUT2D eigenvalue weighted by Crippen LogP contribution is 2.25. The molecule has 1 saturated heterocycles. The van der Waals surface area contributed by atoms with Crippen molar-refractivity contribution >= 4 is 22.7 Å². The number of nitrogens with one attached hydrogen (secondary N) is 2. The van der Waals surface area contributed by atoms with Gasteiger partial charge in [-0.3, -0.25) is 9.59 Å². The fraction of sp³-hybridized carbons (Fsp3) is 0.500. The number of methoxy groups -OCH3 is 1. The molecule has 2 N–H and O–H groups in total. The SMILES string of the molecule is CNC(=O)C1CN(C(=O)CCCc2c[nH]c3ccccc23)CC1COC. The number of hydrogen-bond acceptors (Lipinski definition) is 3. The van der Waals surface area contributed by atoms with Crippen molar-refractivity contribution in [3.63, 3.8) is 0 Å². The number of nitrogens with zero attached hydrogens (tertiary/aromatic N) is 1. The number of ether oxygens (including phenoxy) is 1. The topological polar surface area (TPSA) is 74.4 Å². The molecule has 6 nitrogen and oxygen atoms in total. The van der Waals surface area contributed by atoms with E-state index in [9.17, 15) is 9.59 Å². The van der Waals surface area contributed by atoms with Crippen molar-refractivity contribution in [2.45, 2.75) is 19.3 Å². The number of carbonyl (C=O) groups is 2. The van der Waals surface area contributed by atoms with Gasteiger partial charge in [-0.1, -0.05) is 18.2 Å². The van der Waals surface area contributed by atoms with Gasteiger partial charge >= 0.3 is 0 Å². The van der Waals surface area contributed by atoms with Crippen molar-refractivity contribution in [2.75, 3.05) is 33.9 Å². The predicted molar refractivity (Wildman–Crippen MR) is 101 cm³/mol. The van der Waals surface area contributed by atoms with Gasteiger partial charge in [-0.25, -0.2) is 0 Å². The number of rotatable bonds is 7. The molecule has 140 valence electrons. The lowest BCUT2D eigenvalue weighted by Crippen LogP contribution is -2.34. The molecule has 1 aliphatic heterocycles. The lowest BCUT2D eigenvalue weighted by Gasteiger charge is -2.16. The summed E-state index contributed by atoms with van der Waals surface area (Å²) in [7, 11) is 3.27. The monoisotopic (exact) mass is 357 g/mol. The Morgan fingerprint density at radius 3 is 2.88 bits per heavy atom. The third-order valence-electron chi connectivity index (χ3n) is 5.27. The van der Waals surface area contributed by atoms with Gasteiger partial charge in [0, 0.05) is 56.7 Å². The van der Waals surface area contributed by atoms with E-state index < -0.39 is 0 Å². The molecule has 2 unspecified atom stereocenters. The Morgan fingerprint density at radius 1 is 1.31 bits per heavy atom. The van der Waals surface area contributed by atoms with Gasteiger partial charge in [0.25, 0.3) is 0 Å². The van der Waals surface area contributed by atoms with E-state index in [1.807, 2.05) is 23.2 Å². The number of fused-ring (bicyclic) bond motifs is 1. The largest absolute Gasteiger partial charge is 0.384 e. The maximum absolute atomic E-state index is 12.6. The summed E-state index contributed by atoms with van der Waals surface area (Å²) in [4.78, 5) is 29.7. The zero-order chi connectivity index (χ0) is 18.5. The third-order valence-corrected chi connectivity index (χ3v) is 5.27. The number of hydrogen-bond donors (Lipinski definition) is 2. The summed E-state index contributed by atoms with van der Waals surface area (Å²) in [5.74, 6) is -0.00600. The summed E-state index contributed by atoms with van der Waals surface area (Å²) in [6.45, 7) is 1.58. The number of aromatic amines is 1. The van der Waals surface area contributed by atoms with Crippen LogP contribution in [0.15, 0.2) is 30.5 Å². The second-order valence-corrected chi connectivity index (χ2v) is 6.95. The van der Waals surface area contributed by atoms with Crippen LogP contribution in [0.3, 0.4) is 0 Å². The van der Waals surface area contributed by atoms with Crippen LogP contribution in [0.4, 0.5) is 0 Å². The highest BCUT2D eigenvalue weighted by molar-refractivity contribution is 5.84. The van der Waals surface area contributed by atoms with Crippen LogP contribution in [0, 0.1) is 11.8 Å². The summed E-state index contributed by atoms with van der Waals surface area (Å²) < 4.78 is 5.23. The first-order valence-electron chi connectivity index (χ1n) is 9.17. The molecule has 0 saturated carbocycles. The van der Waals surface area contributed by atoms with Crippen LogP contribution in [0.5, 0.6) is 0 Å². The molecule has 1 fully saturated rings. The Morgan fingerprint density at radius 2 is 2.12 bits per heavy atom. The molecular formula is C20H27N3O3. The Bertz CT molecular complexity index is 771. The lowest BCUT2D eigenvalue weighted by atomic mass is 9.96. The van der Waals surface area contributed by atoms with Gasteiger partial charge < -0.3 is 19.9 Å². The molecule has 1 aliphatic rings. The van der Waals surface area contributed by atoms with E-state index in [-0.39, 0.29) is 23.7 Å². The van der Waals surface area contributed by atoms with Crippen LogP contribution >= 0.6 is 0 Å². The second-order valence-electron chi connectivity index (χ2n) is 6.95. The number of aryl methyl sites for hydroxylation is 1. The summed E-state index contributed by atoms with van der Waals surface area (Å²) in [6.07, 6.45) is 4.20. The number of amides is 2. The minimum atomic E-state index is -0.183. The summed E-state index contributed by atoms with van der Waals surface area (Å²) in [5, 5.41) is 3.92. The van der Waals surface area contributed by atoms with E-state index in [0.717, 1.165) is 18.4 Å². The molecule has 0 radical (unpaired) electrons. The summed E-state index contributed by atoms with van der Waals surface area (Å²) >= 11 is 0. The van der Waals surface area contributed by atoms with E-state index in [2.05, 4.69) is 22.4 Å². The van der Waals surface area contributed by atoms with Crippen LogP contribution in [0.2, 0.25) is 0 Å². The number of para-hydroxylation sites is 1. The normalized spacial score (nSPS) is 19.8. The van der Waals surface area contributed by atoms with Crippen molar-refractivity contribution in [3.8, 4) is 0 Å². The minimum absolute atomic E-state index is 0.0128. The predicted octanol–water partition coefficient (Wildman–Crippen LogP) is 1.96. The van der Waals surface area contributed by atoms with Gasteiger partial charge in [0.05, 0.1) is 12.5 Å². The first-order chi connectivity index (χ1) is 12.6. The third kappa shape index (κ3) is 3.90. The van der Waals surface area contributed by atoms with E-state index >= 15 is 0 Å². The van der Waals surface area contributed by atoms with E-state index in [1.54, 1.807) is 14.2 Å². The number of likely N-dealkylation sites (tertiary alicyclic amines) is 1. The van der Waals surface area contributed by atoms with Crippen LogP contribution in [0.1, 0.15) is 18.4 Å². The van der Waals surface area contributed by atoms with Gasteiger partial charge in [0.15, 0.2) is 0 Å². The maximum atomic E-state index is 12.6. The average molecular weight is 357 g/mol. The molecule has 2 amide bonds. The molecule has 2 aromatic rings. The standard InChI is InChI=1S/C20H27N3O3/c1-21-20(25)17-12-23(11-15(17)13-26-2)19(24)9-5-6-14-10-22-18-8-4-3-7-16(14)18/h3-4,7-8,10,15,17,22H,5-6,9,11-13H2,1-2H3,(H,21,25). The average Bonchev–Trinajstić information content (AvgIpc) is 3.26. The molecular weight excluding hydrogens is 330 g/mol. The minimum Gasteiger partial charge on any atom is -0.384 e. The van der Waals surface area contributed by atoms with Gasteiger partial charge in [0.2, 0.25) is 11.8 Å². The van der Waals surface area contributed by atoms with Crippen LogP contribution in [0.25, 0.3) is 10.9 Å². The van der Waals surface area contributed by atoms with E-state index in [0.29, 0.717) is 26.1 Å². The molecule has 2 atom stereocenters. The van der Waals surface area contributed by atoms with Crippen molar-refractivity contribution in [1.29, 1.82) is 0 Å². The van der Waals surface area contributed by atoms with Gasteiger partial charge in [0.1, 0.15) is 0 Å². The summed E-state index contributed by atoms with van der Waals surface area (Å²) in [6, 6.07) is 8.21. The number of carbonyl (C=O) groups excluding carboxylic acids is 2. The highest BCUT2D eigenvalue weighted by atomic mass is 16.5. The fourth-order valence-electron chi connectivity index (χ4n) is 3.87. The highest BCUT2D eigenvalue weighted by Gasteiger charge is 2.38. The molecule has 3 rings (SSSR count). The van der Waals surface area contributed by atoms with Crippen molar-refractivity contribution < 1.29 is 14.3 Å². The molecule has 0 aliphatic carbocycles. The zero-order valence-corrected chi connectivity index (χ0v) is 15.5. The van der Waals surface area contributed by atoms with Gasteiger partial charge in [-0.2, -0.15) is 0 Å². The lowest BCUT2D eigenvalue weighted by molar-refractivity contribution is -0.130. The first-order valence-corrected chi connectivity index (χ1v) is 9.17. The maximum Gasteiger partial charge on any atom is 0.225 e. The molecule has 2 heterocycles. The second kappa shape index (κ2) is 8.36. The van der Waals surface area contributed by atoms with Crippen LogP contribution < -0.4 is 5.32 Å². The molecule has 0 spiro atoms. The van der Waals surface area contributed by atoms with E-state index in [4.69, 9.17) is 4.74 Å². The van der Waals surface area contributed by atoms with Gasteiger partial charge in [-0.15, -0.1) is 0 Å². The zero-order valence-electron chi connectivity index (χ0n) is 15.5. The molecule has 1 aromatic heterocycles. The Balaban J connectivity index is 1.54.